The highest BCUT2D eigenvalue weighted by atomic mass is 19.4. The fraction of sp³-hybridized carbons (Fsp3) is 0.419. The Labute approximate surface area is 252 Å². The number of hydrogen-bond donors (Lipinski definition) is 0. The van der Waals surface area contributed by atoms with E-state index in [4.69, 9.17) is 14.2 Å². The molecule has 1 aliphatic carbocycles. The molecule has 13 heteroatoms. The van der Waals surface area contributed by atoms with Crippen LogP contribution in [-0.4, -0.2) is 45.9 Å². The van der Waals surface area contributed by atoms with Gasteiger partial charge < -0.3 is 18.8 Å². The second kappa shape index (κ2) is 13.1. The molecule has 1 aromatic carbocycles. The molecule has 0 N–H and O–H groups in total. The lowest BCUT2D eigenvalue weighted by atomic mass is 9.97. The molecule has 1 saturated carbocycles. The highest BCUT2D eigenvalue weighted by Crippen LogP contribution is 2.43. The van der Waals surface area contributed by atoms with E-state index in [1.54, 1.807) is 13.1 Å². The Morgan fingerprint density at radius 3 is 2.43 bits per heavy atom. The minimum Gasteiger partial charge on any atom is -0.490 e. The Morgan fingerprint density at radius 1 is 1.14 bits per heavy atom. The van der Waals surface area contributed by atoms with Gasteiger partial charge in [-0.15, -0.1) is 0 Å². The highest BCUT2D eigenvalue weighted by Gasteiger charge is 2.35. The topological polar surface area (TPSA) is 83.7 Å². The number of methoxy groups -OCH3 is 2. The first-order chi connectivity index (χ1) is 20.8. The molecule has 0 unspecified atom stereocenters. The van der Waals surface area contributed by atoms with E-state index < -0.39 is 30.6 Å². The van der Waals surface area contributed by atoms with E-state index in [0.717, 1.165) is 24.6 Å². The van der Waals surface area contributed by atoms with Crippen molar-refractivity contribution in [2.75, 3.05) is 14.2 Å². The van der Waals surface area contributed by atoms with Gasteiger partial charge in [0.05, 0.1) is 26.0 Å². The molecule has 0 amide bonds. The first-order valence-electron chi connectivity index (χ1n) is 13.9. The molecule has 0 spiro atoms. The maximum atomic E-state index is 14.6. The molecule has 1 aliphatic rings. The number of allylic oxidation sites excluding steroid dienone is 2. The minimum absolute atomic E-state index is 0.00753. The predicted molar refractivity (Wildman–Crippen MR) is 155 cm³/mol. The maximum absolute atomic E-state index is 14.6. The van der Waals surface area contributed by atoms with Crippen molar-refractivity contribution in [3.8, 4) is 23.0 Å². The van der Waals surface area contributed by atoms with Gasteiger partial charge in [-0.2, -0.15) is 18.2 Å². The zero-order valence-corrected chi connectivity index (χ0v) is 25.1. The molecule has 0 aliphatic heterocycles. The third-order valence-corrected chi connectivity index (χ3v) is 7.17. The summed E-state index contributed by atoms with van der Waals surface area (Å²) in [6.45, 7) is 7.13. The number of nitrogens with zero attached hydrogens (tertiary/aromatic N) is 5. The number of ether oxygens (including phenoxy) is 3. The van der Waals surface area contributed by atoms with Crippen molar-refractivity contribution in [2.45, 2.75) is 58.2 Å². The van der Waals surface area contributed by atoms with Crippen LogP contribution in [0.4, 0.5) is 22.0 Å². The second-order valence-corrected chi connectivity index (χ2v) is 10.4. The van der Waals surface area contributed by atoms with Crippen molar-refractivity contribution < 1.29 is 36.2 Å². The van der Waals surface area contributed by atoms with Crippen LogP contribution in [0.3, 0.4) is 0 Å². The van der Waals surface area contributed by atoms with E-state index in [1.165, 1.54) is 57.2 Å². The number of aliphatic imine (C=N–C) groups is 1. The summed E-state index contributed by atoms with van der Waals surface area (Å²) < 4.78 is 87.2. The van der Waals surface area contributed by atoms with Gasteiger partial charge in [0.2, 0.25) is 5.88 Å². The zero-order chi connectivity index (χ0) is 32.2. The Kier molecular flexibility index (Phi) is 9.75. The number of imidazole rings is 1. The van der Waals surface area contributed by atoms with Crippen LogP contribution in [0.25, 0.3) is 17.0 Å². The number of benzene rings is 1. The molecule has 4 rings (SSSR count). The first-order valence-corrected chi connectivity index (χ1v) is 13.9. The number of hydrogen-bond acceptors (Lipinski definition) is 7. The minimum atomic E-state index is -4.65. The van der Waals surface area contributed by atoms with Gasteiger partial charge in [0.15, 0.2) is 17.3 Å². The van der Waals surface area contributed by atoms with Gasteiger partial charge in [-0.25, -0.2) is 23.7 Å². The van der Waals surface area contributed by atoms with E-state index in [2.05, 4.69) is 26.5 Å². The Hall–Kier alpha value is -4.29. The van der Waals surface area contributed by atoms with Gasteiger partial charge in [-0.05, 0) is 48.4 Å². The number of alkyl halides is 5. The molecule has 1 fully saturated rings. The molecular weight excluding hydrogens is 585 g/mol. The third kappa shape index (κ3) is 7.43. The van der Waals surface area contributed by atoms with Crippen LogP contribution in [0.2, 0.25) is 0 Å². The van der Waals surface area contributed by atoms with Crippen molar-refractivity contribution in [1.82, 2.24) is 19.5 Å². The van der Waals surface area contributed by atoms with Crippen molar-refractivity contribution in [1.29, 1.82) is 0 Å². The molecule has 0 radical (unpaired) electrons. The summed E-state index contributed by atoms with van der Waals surface area (Å²) in [6.07, 6.45) is 0.0540. The summed E-state index contributed by atoms with van der Waals surface area (Å²) in [5.74, 6) is -2.06. The van der Waals surface area contributed by atoms with Gasteiger partial charge >= 0.3 is 6.18 Å². The molecule has 0 atom stereocenters. The van der Waals surface area contributed by atoms with E-state index in [9.17, 15) is 22.0 Å². The van der Waals surface area contributed by atoms with E-state index in [-0.39, 0.29) is 52.8 Å². The van der Waals surface area contributed by atoms with E-state index in [0.29, 0.717) is 11.1 Å². The lowest BCUT2D eigenvalue weighted by Gasteiger charge is -2.19. The van der Waals surface area contributed by atoms with Gasteiger partial charge in [0.25, 0.3) is 11.8 Å². The molecule has 2 aromatic heterocycles. The highest BCUT2D eigenvalue weighted by molar-refractivity contribution is 5.78. The molecule has 44 heavy (non-hydrogen) atoms. The second-order valence-electron chi connectivity index (χ2n) is 10.4. The summed E-state index contributed by atoms with van der Waals surface area (Å²) in [7, 11) is 4.31. The quantitative estimate of drug-likeness (QED) is 0.0856. The summed E-state index contributed by atoms with van der Waals surface area (Å²) in [4.78, 5) is 17.0. The maximum Gasteiger partial charge on any atom is 0.434 e. The molecule has 8 nitrogen and oxygen atoms in total. The molecule has 3 aromatic rings. The number of aryl methyl sites for hydroxylation is 1. The predicted octanol–water partition coefficient (Wildman–Crippen LogP) is 7.44. The van der Waals surface area contributed by atoms with Crippen molar-refractivity contribution in [3.63, 3.8) is 0 Å². The Balaban J connectivity index is 1.72. The molecule has 0 bridgehead atoms. The monoisotopic (exact) mass is 619 g/mol. The van der Waals surface area contributed by atoms with Crippen LogP contribution in [0.15, 0.2) is 53.6 Å². The summed E-state index contributed by atoms with van der Waals surface area (Å²) >= 11 is 0. The first kappa shape index (κ1) is 32.6. The summed E-state index contributed by atoms with van der Waals surface area (Å²) in [5.41, 5.74) is 1.05. The van der Waals surface area contributed by atoms with Gasteiger partial charge in [-0.3, -0.25) is 0 Å². The van der Waals surface area contributed by atoms with Gasteiger partial charge in [0.1, 0.15) is 12.4 Å². The molecule has 236 valence electrons. The Bertz CT molecular complexity index is 1580. The fourth-order valence-corrected chi connectivity index (χ4v) is 4.56. The average Bonchev–Trinajstić information content (AvgIpc) is 3.76. The van der Waals surface area contributed by atoms with Crippen LogP contribution in [0, 0.1) is 5.92 Å². The number of halogens is 5. The number of aromatic nitrogens is 4. The van der Waals surface area contributed by atoms with Gasteiger partial charge in [-0.1, -0.05) is 25.6 Å². The molecular formula is C31H34F5N5O3. The van der Waals surface area contributed by atoms with Crippen LogP contribution < -0.4 is 9.47 Å². The number of rotatable bonds is 13. The lowest BCUT2D eigenvalue weighted by Crippen LogP contribution is -2.19. The van der Waals surface area contributed by atoms with Crippen LogP contribution in [0.5, 0.6) is 11.6 Å². The average molecular weight is 620 g/mol. The SMILES string of the molecule is C=C(/C(=C(\N=C/C)OC)c1ncc(OC)c(OCc2ccc(-c3nc(C(F)(F)F)cn3C)cc2CC(F)(F)CC)n1)C1CC1. The van der Waals surface area contributed by atoms with Crippen molar-refractivity contribution >= 4 is 11.8 Å². The summed E-state index contributed by atoms with van der Waals surface area (Å²) in [6, 6.07) is 4.47. The Morgan fingerprint density at radius 2 is 1.86 bits per heavy atom. The van der Waals surface area contributed by atoms with Crippen LogP contribution in [0.1, 0.15) is 55.8 Å². The lowest BCUT2D eigenvalue weighted by molar-refractivity contribution is -0.140. The van der Waals surface area contributed by atoms with Crippen LogP contribution in [-0.2, 0) is 31.0 Å². The molecule has 2 heterocycles. The third-order valence-electron chi connectivity index (χ3n) is 7.17. The largest absolute Gasteiger partial charge is 0.490 e. The van der Waals surface area contributed by atoms with Crippen molar-refractivity contribution in [3.05, 3.63) is 71.3 Å². The van der Waals surface area contributed by atoms with E-state index >= 15 is 0 Å². The molecule has 0 saturated heterocycles. The normalized spacial score (nSPS) is 14.5. The fourth-order valence-electron chi connectivity index (χ4n) is 4.56. The zero-order valence-electron chi connectivity index (χ0n) is 25.1. The van der Waals surface area contributed by atoms with Crippen molar-refractivity contribution in [2.24, 2.45) is 18.0 Å². The van der Waals surface area contributed by atoms with E-state index in [1.807, 2.05) is 0 Å². The van der Waals surface area contributed by atoms with Crippen LogP contribution >= 0.6 is 0 Å². The standard InChI is InChI=1S/C31H34F5N5O3/c1-7-30(32,33)14-22-13-20(27-39-24(16-41(27)4)31(34,35)36)11-12-21(22)17-44-28-23(42-5)15-38-26(40-28)25(18(3)19-9-10-19)29(43-6)37-8-2/h8,11-13,15-16,19H,3,7,9-10,14,17H2,1-2,4-6H3/b29-25-,37-8-. The summed E-state index contributed by atoms with van der Waals surface area (Å²) in [5, 5.41) is 0. The van der Waals surface area contributed by atoms with Gasteiger partial charge in [0, 0.05) is 37.9 Å². The smallest absolute Gasteiger partial charge is 0.434 e.